The molecule has 0 bridgehead atoms. The molecule has 0 saturated carbocycles. The number of carbonyl (C=O) groups excluding carboxylic acids is 3. The monoisotopic (exact) mass is 507 g/mol. The van der Waals surface area contributed by atoms with E-state index >= 15 is 0 Å². The van der Waals surface area contributed by atoms with Gasteiger partial charge in [-0.05, 0) is 73.7 Å². The largest absolute Gasteiger partial charge is 0.497 e. The SMILES string of the molecule is CCOC(=O)CCN1CC(=O)N(c2ccc(OC)cc2)c2ccc(C#Cc3ccc(C#N)cc3)cc2C1=O. The summed E-state index contributed by atoms with van der Waals surface area (Å²) in [5.41, 5.74) is 3.13. The Labute approximate surface area is 221 Å². The lowest BCUT2D eigenvalue weighted by molar-refractivity contribution is -0.143. The first-order valence-electron chi connectivity index (χ1n) is 12.0. The standard InChI is InChI=1S/C30H25N3O5/c1-3-38-29(35)16-17-32-20-28(34)33(24-11-13-25(37-2)14-12-24)27-15-10-22(18-26(27)30(32)36)7-4-21-5-8-23(19-31)9-6-21/h5-6,8-15,18H,3,16-17,20H2,1-2H3. The lowest BCUT2D eigenvalue weighted by atomic mass is 10.1. The molecule has 190 valence electrons. The number of hydrogen-bond donors (Lipinski definition) is 0. The highest BCUT2D eigenvalue weighted by molar-refractivity contribution is 6.13. The number of benzene rings is 3. The zero-order valence-corrected chi connectivity index (χ0v) is 21.1. The Balaban J connectivity index is 1.73. The summed E-state index contributed by atoms with van der Waals surface area (Å²) < 4.78 is 10.2. The highest BCUT2D eigenvalue weighted by Crippen LogP contribution is 2.34. The first-order chi connectivity index (χ1) is 18.4. The van der Waals surface area contributed by atoms with E-state index in [4.69, 9.17) is 14.7 Å². The molecule has 38 heavy (non-hydrogen) atoms. The van der Waals surface area contributed by atoms with Crippen LogP contribution in [0.15, 0.2) is 66.7 Å². The Bertz CT molecular complexity index is 1460. The minimum atomic E-state index is -0.439. The minimum Gasteiger partial charge on any atom is -0.497 e. The summed E-state index contributed by atoms with van der Waals surface area (Å²) >= 11 is 0. The summed E-state index contributed by atoms with van der Waals surface area (Å²) in [6.07, 6.45) is -0.0249. The molecule has 3 aromatic carbocycles. The Morgan fingerprint density at radius 1 is 0.947 bits per heavy atom. The summed E-state index contributed by atoms with van der Waals surface area (Å²) in [4.78, 5) is 41.9. The molecule has 2 amide bonds. The highest BCUT2D eigenvalue weighted by atomic mass is 16.5. The molecular weight excluding hydrogens is 482 g/mol. The van der Waals surface area contributed by atoms with E-state index in [1.54, 1.807) is 80.8 Å². The van der Waals surface area contributed by atoms with Crippen LogP contribution in [-0.2, 0) is 14.3 Å². The Morgan fingerprint density at radius 2 is 1.61 bits per heavy atom. The van der Waals surface area contributed by atoms with Crippen LogP contribution >= 0.6 is 0 Å². The lowest BCUT2D eigenvalue weighted by Crippen LogP contribution is -2.38. The Morgan fingerprint density at radius 3 is 2.26 bits per heavy atom. The van der Waals surface area contributed by atoms with Crippen molar-refractivity contribution in [2.75, 3.05) is 31.7 Å². The van der Waals surface area contributed by atoms with E-state index in [0.29, 0.717) is 33.8 Å². The van der Waals surface area contributed by atoms with Crippen LogP contribution in [0.25, 0.3) is 0 Å². The molecule has 1 aliphatic heterocycles. The number of nitrogens with zero attached hydrogens (tertiary/aromatic N) is 3. The van der Waals surface area contributed by atoms with E-state index in [1.165, 1.54) is 9.80 Å². The smallest absolute Gasteiger partial charge is 0.307 e. The predicted molar refractivity (Wildman–Crippen MR) is 141 cm³/mol. The van der Waals surface area contributed by atoms with Crippen molar-refractivity contribution in [3.05, 3.63) is 89.0 Å². The van der Waals surface area contributed by atoms with Gasteiger partial charge in [-0.3, -0.25) is 19.3 Å². The lowest BCUT2D eigenvalue weighted by Gasteiger charge is -2.23. The van der Waals surface area contributed by atoms with Crippen LogP contribution < -0.4 is 9.64 Å². The Kier molecular flexibility index (Phi) is 8.05. The first-order valence-corrected chi connectivity index (χ1v) is 12.0. The molecule has 0 aromatic heterocycles. The minimum absolute atomic E-state index is 0.0249. The molecular formula is C30H25N3O5. The van der Waals surface area contributed by atoms with Crippen molar-refractivity contribution < 1.29 is 23.9 Å². The van der Waals surface area contributed by atoms with Crippen molar-refractivity contribution >= 4 is 29.2 Å². The van der Waals surface area contributed by atoms with Gasteiger partial charge in [-0.2, -0.15) is 5.26 Å². The molecule has 0 atom stereocenters. The molecule has 8 heteroatoms. The van der Waals surface area contributed by atoms with Gasteiger partial charge in [-0.15, -0.1) is 0 Å². The van der Waals surface area contributed by atoms with Crippen LogP contribution in [0.5, 0.6) is 5.75 Å². The number of hydrogen-bond acceptors (Lipinski definition) is 6. The number of carbonyl (C=O) groups is 3. The molecule has 3 aromatic rings. The van der Waals surface area contributed by atoms with Gasteiger partial charge in [0.2, 0.25) is 0 Å². The maximum Gasteiger partial charge on any atom is 0.307 e. The molecule has 0 saturated heterocycles. The van der Waals surface area contributed by atoms with Gasteiger partial charge in [-0.1, -0.05) is 11.8 Å². The molecule has 0 spiro atoms. The molecule has 0 unspecified atom stereocenters. The molecule has 0 N–H and O–H groups in total. The van der Waals surface area contributed by atoms with E-state index in [0.717, 1.165) is 5.56 Å². The number of amides is 2. The van der Waals surface area contributed by atoms with Gasteiger partial charge in [0.25, 0.3) is 11.8 Å². The van der Waals surface area contributed by atoms with Crippen LogP contribution in [-0.4, -0.2) is 49.5 Å². The first kappa shape index (κ1) is 26.0. The van der Waals surface area contributed by atoms with Crippen LogP contribution in [0.4, 0.5) is 11.4 Å². The van der Waals surface area contributed by atoms with E-state index in [2.05, 4.69) is 17.9 Å². The second kappa shape index (κ2) is 11.8. The number of ether oxygens (including phenoxy) is 2. The average molecular weight is 508 g/mol. The third-order valence-electron chi connectivity index (χ3n) is 5.92. The topological polar surface area (TPSA) is 99.9 Å². The number of methoxy groups -OCH3 is 1. The Hall–Kier alpha value is -5.08. The van der Waals surface area contributed by atoms with Crippen LogP contribution in [0.3, 0.4) is 0 Å². The maximum atomic E-state index is 13.6. The summed E-state index contributed by atoms with van der Waals surface area (Å²) in [6.45, 7) is 1.79. The third-order valence-corrected chi connectivity index (χ3v) is 5.92. The summed E-state index contributed by atoms with van der Waals surface area (Å²) in [5, 5.41) is 8.98. The normalized spacial score (nSPS) is 12.6. The number of esters is 1. The van der Waals surface area contributed by atoms with E-state index in [9.17, 15) is 14.4 Å². The zero-order chi connectivity index (χ0) is 27.1. The van der Waals surface area contributed by atoms with Gasteiger partial charge in [0, 0.05) is 23.4 Å². The van der Waals surface area contributed by atoms with E-state index < -0.39 is 5.97 Å². The third kappa shape index (κ3) is 5.83. The van der Waals surface area contributed by atoms with Crippen molar-refractivity contribution in [3.8, 4) is 23.7 Å². The van der Waals surface area contributed by atoms with Crippen LogP contribution in [0.1, 0.15) is 40.4 Å². The number of anilines is 2. The van der Waals surface area contributed by atoms with Crippen LogP contribution in [0, 0.1) is 23.2 Å². The van der Waals surface area contributed by atoms with E-state index in [-0.39, 0.29) is 37.9 Å². The van der Waals surface area contributed by atoms with Crippen molar-refractivity contribution in [2.24, 2.45) is 0 Å². The second-order valence-electron chi connectivity index (χ2n) is 8.38. The molecule has 0 fully saturated rings. The molecule has 8 nitrogen and oxygen atoms in total. The molecule has 4 rings (SSSR count). The summed E-state index contributed by atoms with van der Waals surface area (Å²) in [5.74, 6) is 5.59. The highest BCUT2D eigenvalue weighted by Gasteiger charge is 2.33. The van der Waals surface area contributed by atoms with Gasteiger partial charge in [0.1, 0.15) is 12.3 Å². The summed E-state index contributed by atoms with van der Waals surface area (Å²) in [7, 11) is 1.56. The average Bonchev–Trinajstić information content (AvgIpc) is 3.04. The quantitative estimate of drug-likeness (QED) is 0.369. The molecule has 1 heterocycles. The van der Waals surface area contributed by atoms with Gasteiger partial charge >= 0.3 is 5.97 Å². The van der Waals surface area contributed by atoms with Gasteiger partial charge in [-0.25, -0.2) is 0 Å². The summed E-state index contributed by atoms with van der Waals surface area (Å²) in [6, 6.07) is 21.0. The zero-order valence-electron chi connectivity index (χ0n) is 21.1. The van der Waals surface area contributed by atoms with Gasteiger partial charge in [0.15, 0.2) is 0 Å². The van der Waals surface area contributed by atoms with Gasteiger partial charge in [0.05, 0.1) is 43.0 Å². The number of fused-ring (bicyclic) bond motifs is 1. The van der Waals surface area contributed by atoms with Crippen molar-refractivity contribution in [1.29, 1.82) is 5.26 Å². The van der Waals surface area contributed by atoms with Crippen molar-refractivity contribution in [2.45, 2.75) is 13.3 Å². The number of nitriles is 1. The van der Waals surface area contributed by atoms with E-state index in [1.807, 2.05) is 0 Å². The second-order valence-corrected chi connectivity index (χ2v) is 8.38. The van der Waals surface area contributed by atoms with Crippen molar-refractivity contribution in [3.63, 3.8) is 0 Å². The van der Waals surface area contributed by atoms with Crippen LogP contribution in [0.2, 0.25) is 0 Å². The van der Waals surface area contributed by atoms with Gasteiger partial charge < -0.3 is 14.4 Å². The molecule has 1 aliphatic rings. The fourth-order valence-corrected chi connectivity index (χ4v) is 4.02. The fraction of sp³-hybridized carbons (Fsp3) is 0.200. The molecule has 0 aliphatic carbocycles. The maximum absolute atomic E-state index is 13.6. The molecule has 0 radical (unpaired) electrons. The fourth-order valence-electron chi connectivity index (χ4n) is 4.02. The van der Waals surface area contributed by atoms with Crippen molar-refractivity contribution in [1.82, 2.24) is 4.90 Å². The predicted octanol–water partition coefficient (Wildman–Crippen LogP) is 4.04. The number of rotatable bonds is 6.